The minimum Gasteiger partial charge on any atom is -0.338 e. The Morgan fingerprint density at radius 2 is 1.83 bits per heavy atom. The smallest absolute Gasteiger partial charge is 0.173 e. The van der Waals surface area contributed by atoms with Gasteiger partial charge in [0, 0.05) is 41.5 Å². The van der Waals surface area contributed by atoms with Crippen LogP contribution in [-0.4, -0.2) is 14.8 Å². The lowest BCUT2D eigenvalue weighted by atomic mass is 10.0. The Hall–Kier alpha value is -3.21. The molecule has 0 bridgehead atoms. The van der Waals surface area contributed by atoms with Crippen LogP contribution in [0.2, 0.25) is 0 Å². The van der Waals surface area contributed by atoms with Crippen LogP contribution in [0.1, 0.15) is 0 Å². The second kappa shape index (κ2) is 5.77. The van der Waals surface area contributed by atoms with Gasteiger partial charge in [-0.25, -0.2) is 9.37 Å². The van der Waals surface area contributed by atoms with Gasteiger partial charge in [-0.2, -0.15) is 5.10 Å². The Kier molecular flexibility index (Phi) is 3.46. The molecule has 0 fully saturated rings. The van der Waals surface area contributed by atoms with Crippen molar-refractivity contribution in [3.63, 3.8) is 0 Å². The molecule has 0 unspecified atom stereocenters. The standard InChI is InChI=1S/C19H15FN4/c1-24-12-15(11-22-24)13-7-8-14-10-21-19(18(20)17(14)9-13)23-16-5-3-2-4-6-16/h2-12H,1H3,(H,21,23). The second-order valence-corrected chi connectivity index (χ2v) is 5.62. The number of fused-ring (bicyclic) bond motifs is 1. The van der Waals surface area contributed by atoms with Gasteiger partial charge in [0.25, 0.3) is 0 Å². The van der Waals surface area contributed by atoms with Gasteiger partial charge >= 0.3 is 0 Å². The first-order chi connectivity index (χ1) is 11.7. The van der Waals surface area contributed by atoms with E-state index < -0.39 is 0 Å². The maximum atomic E-state index is 14.9. The summed E-state index contributed by atoms with van der Waals surface area (Å²) in [4.78, 5) is 4.21. The predicted molar refractivity (Wildman–Crippen MR) is 93.6 cm³/mol. The number of benzene rings is 2. The highest BCUT2D eigenvalue weighted by Crippen LogP contribution is 2.29. The highest BCUT2D eigenvalue weighted by Gasteiger charge is 2.11. The van der Waals surface area contributed by atoms with Gasteiger partial charge in [-0.1, -0.05) is 30.3 Å². The van der Waals surface area contributed by atoms with Crippen molar-refractivity contribution >= 4 is 22.3 Å². The first-order valence-corrected chi connectivity index (χ1v) is 7.60. The minimum atomic E-state index is -0.359. The summed E-state index contributed by atoms with van der Waals surface area (Å²) in [7, 11) is 1.86. The largest absolute Gasteiger partial charge is 0.338 e. The summed E-state index contributed by atoms with van der Waals surface area (Å²) in [5.41, 5.74) is 2.67. The zero-order valence-electron chi connectivity index (χ0n) is 13.1. The van der Waals surface area contributed by atoms with Crippen LogP contribution in [0.25, 0.3) is 21.9 Å². The minimum absolute atomic E-state index is 0.219. The molecule has 0 spiro atoms. The van der Waals surface area contributed by atoms with Crippen molar-refractivity contribution in [2.45, 2.75) is 0 Å². The maximum Gasteiger partial charge on any atom is 0.173 e. The Morgan fingerprint density at radius 1 is 1.00 bits per heavy atom. The first kappa shape index (κ1) is 14.4. The summed E-state index contributed by atoms with van der Waals surface area (Å²) in [5.74, 6) is -0.140. The second-order valence-electron chi connectivity index (χ2n) is 5.62. The van der Waals surface area contributed by atoms with Crippen LogP contribution >= 0.6 is 0 Å². The van der Waals surface area contributed by atoms with Gasteiger partial charge in [-0.3, -0.25) is 4.68 Å². The van der Waals surface area contributed by atoms with Crippen LogP contribution in [0.3, 0.4) is 0 Å². The quantitative estimate of drug-likeness (QED) is 0.604. The fraction of sp³-hybridized carbons (Fsp3) is 0.0526. The summed E-state index contributed by atoms with van der Waals surface area (Å²) in [5, 5.41) is 8.49. The van der Waals surface area contributed by atoms with E-state index in [0.717, 1.165) is 22.2 Å². The maximum absolute atomic E-state index is 14.9. The molecule has 4 rings (SSSR count). The van der Waals surface area contributed by atoms with Gasteiger partial charge in [0.15, 0.2) is 11.6 Å². The fourth-order valence-corrected chi connectivity index (χ4v) is 2.67. The molecule has 2 aromatic carbocycles. The van der Waals surface area contributed by atoms with E-state index in [2.05, 4.69) is 15.4 Å². The molecule has 0 aliphatic carbocycles. The number of nitrogens with one attached hydrogen (secondary N) is 1. The number of hydrogen-bond donors (Lipinski definition) is 1. The number of hydrogen-bond acceptors (Lipinski definition) is 3. The van der Waals surface area contributed by atoms with Gasteiger partial charge in [-0.05, 0) is 23.8 Å². The average Bonchev–Trinajstić information content (AvgIpc) is 3.05. The van der Waals surface area contributed by atoms with Crippen molar-refractivity contribution in [2.24, 2.45) is 7.05 Å². The summed E-state index contributed by atoms with van der Waals surface area (Å²) < 4.78 is 16.6. The number of pyridine rings is 1. The lowest BCUT2D eigenvalue weighted by Gasteiger charge is -2.09. The van der Waals surface area contributed by atoms with Crippen molar-refractivity contribution in [3.05, 3.63) is 72.9 Å². The summed E-state index contributed by atoms with van der Waals surface area (Å²) in [6.07, 6.45) is 5.35. The molecule has 2 heterocycles. The van der Waals surface area contributed by atoms with Crippen LogP contribution in [0.5, 0.6) is 0 Å². The molecule has 0 saturated heterocycles. The third-order valence-electron chi connectivity index (χ3n) is 3.91. The number of nitrogens with zero attached hydrogens (tertiary/aromatic N) is 3. The van der Waals surface area contributed by atoms with E-state index in [9.17, 15) is 4.39 Å². The third kappa shape index (κ3) is 2.60. The molecule has 0 saturated carbocycles. The van der Waals surface area contributed by atoms with Crippen LogP contribution in [-0.2, 0) is 7.05 Å². The molecule has 2 aromatic heterocycles. The van der Waals surface area contributed by atoms with Gasteiger partial charge in [0.05, 0.1) is 6.20 Å². The molecule has 5 heteroatoms. The van der Waals surface area contributed by atoms with Gasteiger partial charge in [0.1, 0.15) is 0 Å². The Labute approximate surface area is 138 Å². The van der Waals surface area contributed by atoms with Crippen LogP contribution in [0.15, 0.2) is 67.1 Å². The molecule has 0 amide bonds. The normalized spacial score (nSPS) is 10.9. The molecule has 1 N–H and O–H groups in total. The van der Waals surface area contributed by atoms with Gasteiger partial charge < -0.3 is 5.32 Å². The molecule has 0 radical (unpaired) electrons. The molecular formula is C19H15FN4. The van der Waals surface area contributed by atoms with Crippen molar-refractivity contribution in [1.29, 1.82) is 0 Å². The number of aryl methyl sites for hydroxylation is 1. The zero-order valence-corrected chi connectivity index (χ0v) is 13.1. The van der Waals surface area contributed by atoms with Crippen molar-refractivity contribution in [1.82, 2.24) is 14.8 Å². The van der Waals surface area contributed by atoms with E-state index in [0.29, 0.717) is 5.39 Å². The molecule has 0 aliphatic rings. The number of aromatic nitrogens is 3. The fourth-order valence-electron chi connectivity index (χ4n) is 2.67. The number of halogens is 1. The summed E-state index contributed by atoms with van der Waals surface area (Å²) in [6, 6.07) is 15.1. The number of anilines is 2. The van der Waals surface area contributed by atoms with E-state index in [1.165, 1.54) is 0 Å². The van der Waals surface area contributed by atoms with E-state index in [4.69, 9.17) is 0 Å². The van der Waals surface area contributed by atoms with Crippen LogP contribution in [0.4, 0.5) is 15.9 Å². The highest BCUT2D eigenvalue weighted by atomic mass is 19.1. The molecular weight excluding hydrogens is 303 g/mol. The SMILES string of the molecule is Cn1cc(-c2ccc3cnc(Nc4ccccc4)c(F)c3c2)cn1. The Balaban J connectivity index is 1.79. The lowest BCUT2D eigenvalue weighted by molar-refractivity contribution is 0.639. The van der Waals surface area contributed by atoms with Crippen molar-refractivity contribution in [2.75, 3.05) is 5.32 Å². The van der Waals surface area contributed by atoms with E-state index in [1.807, 2.05) is 61.8 Å². The highest BCUT2D eigenvalue weighted by molar-refractivity contribution is 5.89. The monoisotopic (exact) mass is 318 g/mol. The number of para-hydroxylation sites is 1. The topological polar surface area (TPSA) is 42.7 Å². The van der Waals surface area contributed by atoms with E-state index in [1.54, 1.807) is 17.1 Å². The van der Waals surface area contributed by atoms with Crippen LogP contribution < -0.4 is 5.32 Å². The molecule has 4 aromatic rings. The van der Waals surface area contributed by atoms with Gasteiger partial charge in [0.2, 0.25) is 0 Å². The van der Waals surface area contributed by atoms with E-state index >= 15 is 0 Å². The third-order valence-corrected chi connectivity index (χ3v) is 3.91. The molecule has 118 valence electrons. The zero-order chi connectivity index (χ0) is 16.5. The lowest BCUT2D eigenvalue weighted by Crippen LogP contribution is -1.97. The molecule has 4 nitrogen and oxygen atoms in total. The van der Waals surface area contributed by atoms with E-state index in [-0.39, 0.29) is 11.6 Å². The summed E-state index contributed by atoms with van der Waals surface area (Å²) >= 11 is 0. The Bertz CT molecular complexity index is 1010. The average molecular weight is 318 g/mol. The van der Waals surface area contributed by atoms with Crippen LogP contribution in [0, 0.1) is 5.82 Å². The summed E-state index contributed by atoms with van der Waals surface area (Å²) in [6.45, 7) is 0. The molecule has 24 heavy (non-hydrogen) atoms. The van der Waals surface area contributed by atoms with Crippen molar-refractivity contribution < 1.29 is 4.39 Å². The molecule has 0 aliphatic heterocycles. The molecule has 0 atom stereocenters. The van der Waals surface area contributed by atoms with Crippen molar-refractivity contribution in [3.8, 4) is 11.1 Å². The Morgan fingerprint density at radius 3 is 2.58 bits per heavy atom. The van der Waals surface area contributed by atoms with Gasteiger partial charge in [-0.15, -0.1) is 0 Å². The number of rotatable bonds is 3. The first-order valence-electron chi connectivity index (χ1n) is 7.60. The predicted octanol–water partition coefficient (Wildman–Crippen LogP) is 4.52.